The fraction of sp³-hybridized carbons (Fsp3) is 0.750. The largest absolute Gasteiger partial charge is 0.451 e. The molecule has 0 aromatic rings. The van der Waals surface area contributed by atoms with E-state index >= 15 is 0 Å². The molecule has 2 aliphatic heterocycles. The lowest BCUT2D eigenvalue weighted by Crippen LogP contribution is -2.47. The van der Waals surface area contributed by atoms with Crippen molar-refractivity contribution >= 4 is 11.9 Å². The third-order valence-corrected chi connectivity index (χ3v) is 4.31. The van der Waals surface area contributed by atoms with Gasteiger partial charge in [0.1, 0.15) is 6.04 Å². The summed E-state index contributed by atoms with van der Waals surface area (Å²) in [7, 11) is 0. The molecule has 2 heterocycles. The van der Waals surface area contributed by atoms with E-state index in [9.17, 15) is 9.59 Å². The highest BCUT2D eigenvalue weighted by Crippen LogP contribution is 2.19. The molecule has 5 nitrogen and oxygen atoms in total. The Hall–Kier alpha value is -1.36. The van der Waals surface area contributed by atoms with Crippen LogP contribution < -0.4 is 0 Å². The maximum atomic E-state index is 12.3. The van der Waals surface area contributed by atoms with Crippen molar-refractivity contribution in [1.82, 2.24) is 9.80 Å². The van der Waals surface area contributed by atoms with Gasteiger partial charge in [-0.25, -0.2) is 0 Å². The molecule has 0 aromatic carbocycles. The predicted octanol–water partition coefficient (Wildman–Crippen LogP) is 1.58. The lowest BCUT2D eigenvalue weighted by Gasteiger charge is -2.33. The molecule has 0 aromatic heterocycles. The van der Waals surface area contributed by atoms with Crippen molar-refractivity contribution in [3.05, 3.63) is 12.7 Å². The number of esters is 1. The first-order chi connectivity index (χ1) is 10.1. The Morgan fingerprint density at radius 1 is 1.24 bits per heavy atom. The van der Waals surface area contributed by atoms with Gasteiger partial charge in [0.2, 0.25) is 0 Å². The minimum atomic E-state index is -0.678. The van der Waals surface area contributed by atoms with Gasteiger partial charge in [-0.05, 0) is 39.2 Å². The highest BCUT2D eigenvalue weighted by atomic mass is 16.5. The smallest absolute Gasteiger partial charge is 0.324 e. The molecule has 1 amide bonds. The van der Waals surface area contributed by atoms with Gasteiger partial charge in [0.25, 0.3) is 5.91 Å². The molecule has 0 N–H and O–H groups in total. The van der Waals surface area contributed by atoms with Crippen molar-refractivity contribution in [3.63, 3.8) is 0 Å². The summed E-state index contributed by atoms with van der Waals surface area (Å²) in [5.41, 5.74) is 0. The summed E-state index contributed by atoms with van der Waals surface area (Å²) in [5.74, 6) is -0.330. The summed E-state index contributed by atoms with van der Waals surface area (Å²) in [4.78, 5) is 28.4. The molecule has 5 heteroatoms. The molecule has 0 bridgehead atoms. The Balaban J connectivity index is 1.89. The SMILES string of the molecule is C=CCN1CCCCC1C(=O)O[C@@H](C)C(=O)N1CCCC1. The van der Waals surface area contributed by atoms with Crippen molar-refractivity contribution in [2.24, 2.45) is 0 Å². The predicted molar refractivity (Wildman–Crippen MR) is 80.8 cm³/mol. The molecular formula is C16H26N2O3. The first-order valence-electron chi connectivity index (χ1n) is 7.97. The van der Waals surface area contributed by atoms with Gasteiger partial charge in [-0.15, -0.1) is 6.58 Å². The zero-order valence-corrected chi connectivity index (χ0v) is 12.9. The van der Waals surface area contributed by atoms with Crippen molar-refractivity contribution in [2.75, 3.05) is 26.2 Å². The van der Waals surface area contributed by atoms with Gasteiger partial charge in [0.15, 0.2) is 6.10 Å². The molecule has 1 unspecified atom stereocenters. The molecule has 2 fully saturated rings. The van der Waals surface area contributed by atoms with Crippen LogP contribution in [0.3, 0.4) is 0 Å². The third-order valence-electron chi connectivity index (χ3n) is 4.31. The second kappa shape index (κ2) is 7.59. The number of carbonyl (C=O) groups is 2. The van der Waals surface area contributed by atoms with E-state index in [0.717, 1.165) is 51.7 Å². The van der Waals surface area contributed by atoms with E-state index in [0.29, 0.717) is 6.54 Å². The number of ether oxygens (including phenoxy) is 1. The first-order valence-corrected chi connectivity index (χ1v) is 7.97. The Kier molecular flexibility index (Phi) is 5.79. The zero-order valence-electron chi connectivity index (χ0n) is 12.9. The van der Waals surface area contributed by atoms with E-state index in [1.54, 1.807) is 11.8 Å². The highest BCUT2D eigenvalue weighted by Gasteiger charge is 2.32. The minimum absolute atomic E-state index is 0.0630. The van der Waals surface area contributed by atoms with Gasteiger partial charge in [-0.2, -0.15) is 0 Å². The summed E-state index contributed by atoms with van der Waals surface area (Å²) >= 11 is 0. The Morgan fingerprint density at radius 3 is 2.57 bits per heavy atom. The second-order valence-corrected chi connectivity index (χ2v) is 5.91. The van der Waals surface area contributed by atoms with E-state index in [1.165, 1.54) is 0 Å². The van der Waals surface area contributed by atoms with E-state index in [1.807, 2.05) is 6.08 Å². The Bertz CT molecular complexity index is 391. The van der Waals surface area contributed by atoms with E-state index in [4.69, 9.17) is 4.74 Å². The summed E-state index contributed by atoms with van der Waals surface area (Å²) in [5, 5.41) is 0. The van der Waals surface area contributed by atoms with Gasteiger partial charge >= 0.3 is 5.97 Å². The minimum Gasteiger partial charge on any atom is -0.451 e. The maximum Gasteiger partial charge on any atom is 0.324 e. The maximum absolute atomic E-state index is 12.3. The fourth-order valence-corrected chi connectivity index (χ4v) is 3.14. The summed E-state index contributed by atoms with van der Waals surface area (Å²) in [6, 6.07) is -0.231. The molecule has 0 saturated carbocycles. The standard InChI is InChI=1S/C16H26N2O3/c1-3-9-17-10-5-4-8-14(17)16(20)21-13(2)15(19)18-11-6-7-12-18/h3,13-14H,1,4-12H2,2H3/t13-,14?/m0/s1. The number of hydrogen-bond acceptors (Lipinski definition) is 4. The van der Waals surface area contributed by atoms with Crippen LogP contribution >= 0.6 is 0 Å². The van der Waals surface area contributed by atoms with Crippen LogP contribution in [0.25, 0.3) is 0 Å². The van der Waals surface area contributed by atoms with Gasteiger partial charge in [-0.3, -0.25) is 14.5 Å². The van der Waals surface area contributed by atoms with Gasteiger partial charge in [0.05, 0.1) is 0 Å². The van der Waals surface area contributed by atoms with Crippen LogP contribution in [0.5, 0.6) is 0 Å². The molecule has 0 spiro atoms. The number of nitrogens with zero attached hydrogens (tertiary/aromatic N) is 2. The molecule has 2 atom stereocenters. The number of carbonyl (C=O) groups excluding carboxylic acids is 2. The fourth-order valence-electron chi connectivity index (χ4n) is 3.14. The van der Waals surface area contributed by atoms with E-state index in [2.05, 4.69) is 11.5 Å². The van der Waals surface area contributed by atoms with Crippen LogP contribution in [0.1, 0.15) is 39.0 Å². The van der Waals surface area contributed by atoms with E-state index in [-0.39, 0.29) is 17.9 Å². The summed E-state index contributed by atoms with van der Waals surface area (Å²) in [6.45, 7) is 8.56. The zero-order chi connectivity index (χ0) is 15.2. The lowest BCUT2D eigenvalue weighted by molar-refractivity contribution is -0.164. The average molecular weight is 294 g/mol. The molecule has 2 rings (SSSR count). The number of likely N-dealkylation sites (tertiary alicyclic amines) is 2. The highest BCUT2D eigenvalue weighted by molar-refractivity contribution is 5.85. The number of hydrogen-bond donors (Lipinski definition) is 0. The van der Waals surface area contributed by atoms with Crippen LogP contribution in [0.2, 0.25) is 0 Å². The quantitative estimate of drug-likeness (QED) is 0.570. The van der Waals surface area contributed by atoms with Crippen molar-refractivity contribution < 1.29 is 14.3 Å². The topological polar surface area (TPSA) is 49.9 Å². The molecular weight excluding hydrogens is 268 g/mol. The summed E-state index contributed by atoms with van der Waals surface area (Å²) < 4.78 is 5.43. The van der Waals surface area contributed by atoms with Crippen LogP contribution in [-0.4, -0.2) is 60.0 Å². The van der Waals surface area contributed by atoms with Crippen LogP contribution in [-0.2, 0) is 14.3 Å². The van der Waals surface area contributed by atoms with E-state index < -0.39 is 6.10 Å². The average Bonchev–Trinajstić information content (AvgIpc) is 3.01. The Morgan fingerprint density at radius 2 is 1.90 bits per heavy atom. The normalized spacial score (nSPS) is 24.6. The first kappa shape index (κ1) is 16.0. The molecule has 0 radical (unpaired) electrons. The number of piperidine rings is 1. The van der Waals surface area contributed by atoms with Crippen LogP contribution in [0, 0.1) is 0 Å². The number of rotatable bonds is 5. The Labute approximate surface area is 126 Å². The molecule has 2 aliphatic rings. The lowest BCUT2D eigenvalue weighted by atomic mass is 10.0. The van der Waals surface area contributed by atoms with Gasteiger partial charge in [-0.1, -0.05) is 12.5 Å². The monoisotopic (exact) mass is 294 g/mol. The van der Waals surface area contributed by atoms with Gasteiger partial charge < -0.3 is 9.64 Å². The van der Waals surface area contributed by atoms with Crippen LogP contribution in [0.4, 0.5) is 0 Å². The van der Waals surface area contributed by atoms with Crippen molar-refractivity contribution in [1.29, 1.82) is 0 Å². The molecule has 118 valence electrons. The molecule has 0 aliphatic carbocycles. The summed E-state index contributed by atoms with van der Waals surface area (Å²) in [6.07, 6.45) is 6.15. The number of amides is 1. The van der Waals surface area contributed by atoms with Crippen LogP contribution in [0.15, 0.2) is 12.7 Å². The second-order valence-electron chi connectivity index (χ2n) is 5.91. The molecule has 21 heavy (non-hydrogen) atoms. The van der Waals surface area contributed by atoms with Gasteiger partial charge in [0, 0.05) is 19.6 Å². The third kappa shape index (κ3) is 4.06. The molecule has 2 saturated heterocycles. The van der Waals surface area contributed by atoms with Crippen molar-refractivity contribution in [2.45, 2.75) is 51.2 Å². The van der Waals surface area contributed by atoms with Crippen molar-refractivity contribution in [3.8, 4) is 0 Å².